The number of hydrogen-bond acceptors (Lipinski definition) is 0. The van der Waals surface area contributed by atoms with Gasteiger partial charge in [0.25, 0.3) is 0 Å². The molecule has 1 unspecified atom stereocenters. The van der Waals surface area contributed by atoms with E-state index in [0.29, 0.717) is 5.92 Å². The Balaban J connectivity index is 0.000000742. The summed E-state index contributed by atoms with van der Waals surface area (Å²) >= 11 is 0. The number of rotatable bonds is 2. The summed E-state index contributed by atoms with van der Waals surface area (Å²) in [5, 5.41) is 0. The zero-order chi connectivity index (χ0) is 16.9. The summed E-state index contributed by atoms with van der Waals surface area (Å²) in [6.07, 6.45) is 26.0. The van der Waals surface area contributed by atoms with Crippen LogP contribution in [0, 0.1) is 41.7 Å². The van der Waals surface area contributed by atoms with E-state index in [1.54, 1.807) is 11.1 Å². The molecule has 0 bridgehead atoms. The maximum absolute atomic E-state index is 3.77. The smallest absolute Gasteiger partial charge is 1.00 e. The van der Waals surface area contributed by atoms with E-state index >= 15 is 0 Å². The molecule has 0 spiro atoms. The maximum atomic E-state index is 3.77. The predicted octanol–water partition coefficient (Wildman–Crippen LogP) is 0.866. The molecule has 0 aromatic heterocycles. The molecule has 0 N–H and O–H groups in total. The van der Waals surface area contributed by atoms with Gasteiger partial charge < -0.3 is 24.8 Å². The summed E-state index contributed by atoms with van der Waals surface area (Å²) < 4.78 is 0. The van der Waals surface area contributed by atoms with Gasteiger partial charge in [-0.15, -0.1) is 6.42 Å². The normalized spacial score (nSPS) is 30.7. The zero-order valence-corrected chi connectivity index (χ0v) is 21.1. The minimum Gasteiger partial charge on any atom is -1.00 e. The number of allylic oxidation sites excluding steroid dienone is 8. The number of halogens is 2. The monoisotopic (exact) mass is 482 g/mol. The van der Waals surface area contributed by atoms with E-state index in [0.717, 1.165) is 30.1 Å². The summed E-state index contributed by atoms with van der Waals surface area (Å²) in [7, 11) is 0. The number of hydrogen-bond donors (Lipinski definition) is 0. The van der Waals surface area contributed by atoms with Crippen LogP contribution in [0.15, 0.2) is 35.5 Å². The van der Waals surface area contributed by atoms with Crippen molar-refractivity contribution in [2.45, 2.75) is 72.1 Å². The Bertz CT molecular complexity index is 535. The van der Waals surface area contributed by atoms with Gasteiger partial charge in [0.1, 0.15) is 0 Å². The van der Waals surface area contributed by atoms with Crippen molar-refractivity contribution in [2.75, 3.05) is 0 Å². The topological polar surface area (TPSA) is 0 Å². The van der Waals surface area contributed by atoms with Crippen molar-refractivity contribution in [2.24, 2.45) is 29.6 Å². The molecular weight excluding hydrogens is 450 g/mol. The molecule has 0 amide bonds. The molecule has 0 aromatic carbocycles. The molecule has 4 aliphatic rings. The quantitative estimate of drug-likeness (QED) is 0.511. The van der Waals surface area contributed by atoms with Gasteiger partial charge in [0, 0.05) is 0 Å². The molecule has 0 aliphatic heterocycles. The van der Waals surface area contributed by atoms with Crippen LogP contribution in [0.2, 0.25) is 0 Å². The molecule has 1 fully saturated rings. The minimum atomic E-state index is 0. The van der Waals surface area contributed by atoms with Gasteiger partial charge in [-0.3, -0.25) is 12.2 Å². The van der Waals surface area contributed by atoms with Crippen molar-refractivity contribution < 1.29 is 51.0 Å². The van der Waals surface area contributed by atoms with Gasteiger partial charge in [-0.05, 0) is 42.9 Å². The van der Waals surface area contributed by atoms with Gasteiger partial charge in [0.15, 0.2) is 0 Å². The van der Waals surface area contributed by atoms with Crippen LogP contribution in [-0.2, 0) is 26.2 Å². The molecule has 27 heavy (non-hydrogen) atoms. The molecule has 1 saturated carbocycles. The van der Waals surface area contributed by atoms with E-state index in [1.165, 1.54) is 44.9 Å². The molecule has 4 atom stereocenters. The van der Waals surface area contributed by atoms with Gasteiger partial charge in [-0.2, -0.15) is 17.2 Å². The van der Waals surface area contributed by atoms with Crippen LogP contribution < -0.4 is 24.8 Å². The third kappa shape index (κ3) is 7.31. The van der Waals surface area contributed by atoms with E-state index in [4.69, 9.17) is 0 Å². The molecule has 4 rings (SSSR count). The van der Waals surface area contributed by atoms with Gasteiger partial charge in [-0.1, -0.05) is 52.4 Å². The largest absolute Gasteiger partial charge is 4.00 e. The van der Waals surface area contributed by atoms with Gasteiger partial charge in [0.2, 0.25) is 0 Å². The second-order valence-corrected chi connectivity index (χ2v) is 8.54. The average molecular weight is 485 g/mol. The van der Waals surface area contributed by atoms with Crippen LogP contribution >= 0.6 is 0 Å². The van der Waals surface area contributed by atoms with Crippen molar-refractivity contribution in [3.05, 3.63) is 47.6 Å². The fraction of sp³-hybridized carbons (Fsp3) is 0.667. The first-order valence-corrected chi connectivity index (χ1v) is 10.2. The molecule has 0 aromatic rings. The Kier molecular flexibility index (Phi) is 13.8. The van der Waals surface area contributed by atoms with Gasteiger partial charge >= 0.3 is 26.2 Å². The Labute approximate surface area is 199 Å². The van der Waals surface area contributed by atoms with Gasteiger partial charge in [-0.25, -0.2) is 18.2 Å². The first kappa shape index (κ1) is 27.4. The SMILES string of the molecule is CC(C)[C@H]1CC[C@@H](C)C[C@H]1C1[C-]=CC2=C1CCCC2.[C-]1=CC=CC1.[Cl-].[Cl-].[Zr+4]. The molecule has 0 saturated heterocycles. The second-order valence-electron chi connectivity index (χ2n) is 8.54. The zero-order valence-electron chi connectivity index (χ0n) is 17.1. The Morgan fingerprint density at radius 3 is 2.41 bits per heavy atom. The molecule has 0 radical (unpaired) electrons. The maximum Gasteiger partial charge on any atom is 4.00 e. The molecule has 0 heterocycles. The molecule has 148 valence electrons. The summed E-state index contributed by atoms with van der Waals surface area (Å²) in [5.41, 5.74) is 3.45. The van der Waals surface area contributed by atoms with Crippen LogP contribution in [0.1, 0.15) is 72.1 Å². The van der Waals surface area contributed by atoms with Crippen LogP contribution in [0.4, 0.5) is 0 Å². The van der Waals surface area contributed by atoms with Crippen molar-refractivity contribution in [1.29, 1.82) is 0 Å². The van der Waals surface area contributed by atoms with E-state index in [2.05, 4.69) is 45.1 Å². The fourth-order valence-electron chi connectivity index (χ4n) is 5.14. The second kappa shape index (κ2) is 13.6. The fourth-order valence-corrected chi connectivity index (χ4v) is 5.14. The molecule has 3 heteroatoms. The van der Waals surface area contributed by atoms with Crippen LogP contribution in [0.3, 0.4) is 0 Å². The van der Waals surface area contributed by atoms with E-state index < -0.39 is 0 Å². The third-order valence-electron chi connectivity index (χ3n) is 6.45. The Morgan fingerprint density at radius 2 is 1.81 bits per heavy atom. The van der Waals surface area contributed by atoms with Crippen molar-refractivity contribution in [3.8, 4) is 0 Å². The van der Waals surface area contributed by atoms with Crippen LogP contribution in [0.25, 0.3) is 0 Å². The molecule has 0 nitrogen and oxygen atoms in total. The van der Waals surface area contributed by atoms with Crippen molar-refractivity contribution >= 4 is 0 Å². The van der Waals surface area contributed by atoms with Crippen molar-refractivity contribution in [1.82, 2.24) is 0 Å². The summed E-state index contributed by atoms with van der Waals surface area (Å²) in [6.45, 7) is 7.32. The van der Waals surface area contributed by atoms with Gasteiger partial charge in [0.05, 0.1) is 0 Å². The Morgan fingerprint density at radius 1 is 1.07 bits per heavy atom. The van der Waals surface area contributed by atoms with E-state index in [1.807, 2.05) is 12.2 Å². The van der Waals surface area contributed by atoms with E-state index in [-0.39, 0.29) is 51.0 Å². The summed E-state index contributed by atoms with van der Waals surface area (Å²) in [5.74, 6) is 4.26. The minimum absolute atomic E-state index is 0. The average Bonchev–Trinajstić information content (AvgIpc) is 3.27. The Hall–Kier alpha value is 0.423. The standard InChI is InChI=1S/C19H29.C5H5.2ClH.Zr/c1-13(2)16-10-8-14(3)12-19(16)18-11-9-15-6-4-5-7-17(15)18;1-2-4-5-3-1;;;/h9,13-14,16,18-19H,4-8,10,12H2,1-3H3;1-3H,4H2;2*1H;/q2*-1;;;+4/p-2/t14-,16-,18?,19-;;;;/m1..../s1. The molecular formula is C24H34Cl2Zr. The summed E-state index contributed by atoms with van der Waals surface area (Å²) in [4.78, 5) is 0. The van der Waals surface area contributed by atoms with Crippen LogP contribution in [-0.4, -0.2) is 0 Å². The van der Waals surface area contributed by atoms with E-state index in [9.17, 15) is 0 Å². The summed E-state index contributed by atoms with van der Waals surface area (Å²) in [6, 6.07) is 0. The predicted molar refractivity (Wildman–Crippen MR) is 103 cm³/mol. The first-order chi connectivity index (χ1) is 11.7. The van der Waals surface area contributed by atoms with Crippen LogP contribution in [0.5, 0.6) is 0 Å². The first-order valence-electron chi connectivity index (χ1n) is 10.2. The molecule has 4 aliphatic carbocycles. The van der Waals surface area contributed by atoms with Crippen molar-refractivity contribution in [3.63, 3.8) is 0 Å². The third-order valence-corrected chi connectivity index (χ3v) is 6.45.